The first-order chi connectivity index (χ1) is 19.8. The van der Waals surface area contributed by atoms with Crippen molar-refractivity contribution in [3.05, 3.63) is 67.8 Å². The van der Waals surface area contributed by atoms with E-state index in [9.17, 15) is 29.1 Å². The number of nitrogens with zero attached hydrogens (tertiary/aromatic N) is 2. The Hall–Kier alpha value is -3.30. The summed E-state index contributed by atoms with van der Waals surface area (Å²) < 4.78 is 17.9. The number of benzene rings is 1. The third-order valence-corrected chi connectivity index (χ3v) is 9.21. The zero-order valence-corrected chi connectivity index (χ0v) is 23.2. The van der Waals surface area contributed by atoms with Crippen LogP contribution < -0.4 is 20.2 Å². The van der Waals surface area contributed by atoms with Crippen molar-refractivity contribution in [3.8, 4) is 11.5 Å². The molecule has 3 aliphatic heterocycles. The Kier molecular flexibility index (Phi) is 8.71. The Morgan fingerprint density at radius 1 is 1.19 bits per heavy atom. The molecule has 0 spiro atoms. The molecule has 1 unspecified atom stereocenters. The van der Waals surface area contributed by atoms with Gasteiger partial charge < -0.3 is 29.2 Å². The number of carboxylic acids is 1. The topological polar surface area (TPSA) is 153 Å². The number of carbonyl (C=O) groups excluding carboxylic acids is 3. The fourth-order valence-corrected chi connectivity index (χ4v) is 7.04. The summed E-state index contributed by atoms with van der Waals surface area (Å²) in [4.78, 5) is 65.7. The normalized spacial score (nSPS) is 18.7. The Morgan fingerprint density at radius 2 is 1.95 bits per heavy atom. The van der Waals surface area contributed by atoms with E-state index in [0.29, 0.717) is 23.6 Å². The van der Waals surface area contributed by atoms with Crippen LogP contribution in [0.5, 0.6) is 11.5 Å². The van der Waals surface area contributed by atoms with E-state index in [1.54, 1.807) is 10.6 Å². The predicted molar refractivity (Wildman–Crippen MR) is 155 cm³/mol. The fourth-order valence-electron chi connectivity index (χ4n) is 5.01. The summed E-state index contributed by atoms with van der Waals surface area (Å²) in [6, 6.07) is 5.99. The Balaban J connectivity index is 0.00000353. The molecule has 2 atom stereocenters. The number of β-lactam (4-membered cyclic amide) rings is 1. The summed E-state index contributed by atoms with van der Waals surface area (Å²) in [5.41, 5.74) is -0.281. The van der Waals surface area contributed by atoms with Crippen LogP contribution in [0, 0.1) is 0 Å². The van der Waals surface area contributed by atoms with Crippen LogP contribution in [0.2, 0.25) is 0 Å². The first-order valence-electron chi connectivity index (χ1n) is 12.6. The van der Waals surface area contributed by atoms with E-state index in [1.165, 1.54) is 35.4 Å². The van der Waals surface area contributed by atoms with E-state index in [1.807, 2.05) is 24.4 Å². The van der Waals surface area contributed by atoms with Crippen LogP contribution in [0.3, 0.4) is 0 Å². The van der Waals surface area contributed by atoms with Crippen LogP contribution in [0.25, 0.3) is 10.9 Å². The van der Waals surface area contributed by atoms with E-state index in [0.717, 1.165) is 9.78 Å². The minimum absolute atomic E-state index is 0. The molecule has 0 radical (unpaired) electrons. The van der Waals surface area contributed by atoms with Gasteiger partial charge >= 0.3 is 41.5 Å². The number of hydrogen-bond acceptors (Lipinski definition) is 10. The van der Waals surface area contributed by atoms with Gasteiger partial charge in [0.25, 0.3) is 5.91 Å². The zero-order valence-electron chi connectivity index (χ0n) is 21.6. The molecule has 1 fully saturated rings. The van der Waals surface area contributed by atoms with Crippen molar-refractivity contribution in [1.82, 2.24) is 14.8 Å². The average molecular weight is 622 g/mol. The van der Waals surface area contributed by atoms with Gasteiger partial charge in [-0.05, 0) is 24.4 Å². The molecular weight excluding hydrogens is 597 g/mol. The molecule has 0 bridgehead atoms. The van der Waals surface area contributed by atoms with Gasteiger partial charge in [-0.2, -0.15) is 0 Å². The summed E-state index contributed by atoms with van der Waals surface area (Å²) in [6.45, 7) is 1.91. The van der Waals surface area contributed by atoms with Crippen LogP contribution in [0.4, 0.5) is 0 Å². The fraction of sp³-hybridized carbons (Fsp3) is 0.296. The number of esters is 1. The molecule has 2 aromatic heterocycles. The number of pyridine rings is 1. The zero-order chi connectivity index (χ0) is 28.8. The average Bonchev–Trinajstić information content (AvgIpc) is 3.65. The predicted octanol–water partition coefficient (Wildman–Crippen LogP) is 1.30. The molecule has 15 heteroatoms. The van der Waals surface area contributed by atoms with Gasteiger partial charge in [0.05, 0.1) is 17.3 Å². The Morgan fingerprint density at radius 3 is 2.64 bits per heavy atom. The summed E-state index contributed by atoms with van der Waals surface area (Å²) >= 11 is 2.69. The van der Waals surface area contributed by atoms with Gasteiger partial charge in [0.1, 0.15) is 29.3 Å². The SMILES string of the molecule is CCn1cc(C(=O)OCC2=C(C(=O)O)N3C(=O)C(NC(=O)Cc4cccs4)[C@H]3SC2)c(=O)c2cc3c(cc21)OCO3.[NaH]. The summed E-state index contributed by atoms with van der Waals surface area (Å²) in [5, 5.41) is 14.1. The number of carbonyl (C=O) groups is 4. The van der Waals surface area contributed by atoms with Crippen molar-refractivity contribution < 1.29 is 38.5 Å². The van der Waals surface area contributed by atoms with E-state index in [-0.39, 0.29) is 76.7 Å². The van der Waals surface area contributed by atoms with Gasteiger partial charge in [0, 0.05) is 35.0 Å². The van der Waals surface area contributed by atoms with Gasteiger partial charge in [-0.25, -0.2) is 9.59 Å². The summed E-state index contributed by atoms with van der Waals surface area (Å²) in [5.74, 6) is -2.11. The molecule has 3 aromatic rings. The number of thiophene rings is 1. The van der Waals surface area contributed by atoms with Crippen LogP contribution in [0.15, 0.2) is 51.9 Å². The molecule has 6 rings (SSSR count). The molecule has 1 saturated heterocycles. The number of aliphatic carboxylic acids is 1. The summed E-state index contributed by atoms with van der Waals surface area (Å²) in [6.07, 6.45) is 1.52. The first-order valence-corrected chi connectivity index (χ1v) is 14.5. The molecule has 0 saturated carbocycles. The monoisotopic (exact) mass is 621 g/mol. The maximum absolute atomic E-state index is 13.2. The van der Waals surface area contributed by atoms with Gasteiger partial charge in [-0.15, -0.1) is 23.1 Å². The number of rotatable bonds is 8. The molecule has 1 aromatic carbocycles. The molecule has 2 N–H and O–H groups in total. The second-order valence-electron chi connectivity index (χ2n) is 9.43. The molecular formula is C27H24N3NaO9S2. The van der Waals surface area contributed by atoms with Gasteiger partial charge in [0.2, 0.25) is 18.1 Å². The molecule has 0 aliphatic carbocycles. The molecule has 42 heavy (non-hydrogen) atoms. The van der Waals surface area contributed by atoms with Crippen LogP contribution in [-0.4, -0.2) is 98.5 Å². The number of hydrogen-bond donors (Lipinski definition) is 2. The van der Waals surface area contributed by atoms with Gasteiger partial charge in [0.15, 0.2) is 11.5 Å². The van der Waals surface area contributed by atoms with E-state index < -0.39 is 41.3 Å². The number of aryl methyl sites for hydroxylation is 1. The van der Waals surface area contributed by atoms with E-state index in [2.05, 4.69) is 5.32 Å². The second-order valence-corrected chi connectivity index (χ2v) is 11.6. The summed E-state index contributed by atoms with van der Waals surface area (Å²) in [7, 11) is 0. The molecule has 2 amide bonds. The first kappa shape index (κ1) is 30.2. The maximum atomic E-state index is 13.2. The van der Waals surface area contributed by atoms with Gasteiger partial charge in [-0.1, -0.05) is 6.07 Å². The van der Waals surface area contributed by atoms with Crippen LogP contribution in [0.1, 0.15) is 22.2 Å². The molecule has 3 aliphatic rings. The van der Waals surface area contributed by atoms with E-state index >= 15 is 0 Å². The third kappa shape index (κ3) is 5.33. The van der Waals surface area contributed by atoms with E-state index in [4.69, 9.17) is 14.2 Å². The van der Waals surface area contributed by atoms with Gasteiger partial charge in [-0.3, -0.25) is 19.3 Å². The second kappa shape index (κ2) is 12.1. The molecule has 12 nitrogen and oxygen atoms in total. The standard InChI is InChI=1S/C27H23N3O9S2.Na.H/c1-2-29-9-16(23(32)15-7-18-19(8-17(15)29)39-12-38-18)27(36)37-10-13-11-41-25-21(24(33)30(25)22(13)26(34)35)28-20(31)6-14-4-3-5-40-14;;/h3-5,7-9,21,25H,2,6,10-12H2,1H3,(H,28,31)(H,34,35);;/t21?,25-;;/m1../s1. The van der Waals surface area contributed by atoms with Crippen molar-refractivity contribution in [1.29, 1.82) is 0 Å². The number of nitrogens with one attached hydrogen (secondary N) is 1. The molecule has 5 heterocycles. The Labute approximate surface area is 268 Å². The number of amides is 2. The minimum atomic E-state index is -1.35. The number of aromatic nitrogens is 1. The number of fused-ring (bicyclic) bond motifs is 3. The van der Waals surface area contributed by atoms with Crippen LogP contribution >= 0.6 is 23.1 Å². The van der Waals surface area contributed by atoms with Crippen molar-refractivity contribution in [2.45, 2.75) is 31.3 Å². The number of carboxylic acid groups (broad SMARTS) is 1. The third-order valence-electron chi connectivity index (χ3n) is 6.99. The van der Waals surface area contributed by atoms with Crippen molar-refractivity contribution in [2.24, 2.45) is 0 Å². The Bertz CT molecular complexity index is 1700. The van der Waals surface area contributed by atoms with Crippen molar-refractivity contribution >= 4 is 87.3 Å². The van der Waals surface area contributed by atoms with Crippen LogP contribution in [-0.2, 0) is 32.1 Å². The molecule has 214 valence electrons. The number of ether oxygens (including phenoxy) is 3. The quantitative estimate of drug-likeness (QED) is 0.214. The van der Waals surface area contributed by atoms with Crippen molar-refractivity contribution in [3.63, 3.8) is 0 Å². The van der Waals surface area contributed by atoms with Crippen molar-refractivity contribution in [2.75, 3.05) is 19.2 Å². The number of thioether (sulfide) groups is 1.